The van der Waals surface area contributed by atoms with Crippen molar-refractivity contribution in [2.24, 2.45) is 0 Å². The van der Waals surface area contributed by atoms with E-state index in [2.05, 4.69) is 10.3 Å². The zero-order valence-electron chi connectivity index (χ0n) is 9.77. The third-order valence-electron chi connectivity index (χ3n) is 2.26. The van der Waals surface area contributed by atoms with Gasteiger partial charge in [0, 0.05) is 11.8 Å². The second-order valence-electron chi connectivity index (χ2n) is 3.71. The number of aromatic nitrogens is 1. The Morgan fingerprint density at radius 2 is 2.17 bits per heavy atom. The van der Waals surface area contributed by atoms with Gasteiger partial charge in [0.25, 0.3) is 0 Å². The molecule has 1 aromatic heterocycles. The summed E-state index contributed by atoms with van der Waals surface area (Å²) in [5.74, 6) is 0.994. The lowest BCUT2D eigenvalue weighted by Gasteiger charge is -2.08. The van der Waals surface area contributed by atoms with Crippen LogP contribution in [0.25, 0.3) is 0 Å². The Hall–Kier alpha value is -2.30. The van der Waals surface area contributed by atoms with Crippen molar-refractivity contribution in [3.8, 4) is 5.75 Å². The molecule has 18 heavy (non-hydrogen) atoms. The van der Waals surface area contributed by atoms with E-state index < -0.39 is 0 Å². The van der Waals surface area contributed by atoms with Crippen molar-refractivity contribution in [3.05, 3.63) is 48.4 Å². The molecule has 2 rings (SSSR count). The first-order chi connectivity index (χ1) is 8.74. The summed E-state index contributed by atoms with van der Waals surface area (Å²) in [7, 11) is 0. The Balaban J connectivity index is 1.74. The van der Waals surface area contributed by atoms with E-state index in [4.69, 9.17) is 10.5 Å². The Morgan fingerprint density at radius 1 is 1.28 bits per heavy atom. The monoisotopic (exact) mass is 247 g/mol. The van der Waals surface area contributed by atoms with Crippen LogP contribution in [0.2, 0.25) is 0 Å². The molecule has 0 radical (unpaired) electrons. The molecule has 0 aliphatic carbocycles. The minimum absolute atomic E-state index is 0.350. The highest BCUT2D eigenvalue weighted by Crippen LogP contribution is 2.14. The molecule has 0 fully saturated rings. The van der Waals surface area contributed by atoms with Gasteiger partial charge in [0.05, 0.1) is 12.7 Å². The Kier molecular flexibility index (Phi) is 3.96. The summed E-state index contributed by atoms with van der Waals surface area (Å²) < 4.78 is 18.1. The van der Waals surface area contributed by atoms with Gasteiger partial charge in [-0.05, 0) is 24.3 Å². The largest absolute Gasteiger partial charge is 0.492 e. The van der Waals surface area contributed by atoms with E-state index in [1.807, 2.05) is 12.1 Å². The molecule has 0 aliphatic rings. The molecular weight excluding hydrogens is 233 g/mol. The third-order valence-corrected chi connectivity index (χ3v) is 2.26. The maximum Gasteiger partial charge on any atom is 0.141 e. The normalized spacial score (nSPS) is 10.1. The molecule has 2 aromatic rings. The van der Waals surface area contributed by atoms with Gasteiger partial charge in [-0.3, -0.25) is 0 Å². The molecule has 0 bridgehead atoms. The number of nitrogens with one attached hydrogen (secondary N) is 1. The Bertz CT molecular complexity index is 502. The van der Waals surface area contributed by atoms with Crippen LogP contribution in [0, 0.1) is 5.82 Å². The van der Waals surface area contributed by atoms with Crippen LogP contribution in [0.4, 0.5) is 15.9 Å². The van der Waals surface area contributed by atoms with Crippen LogP contribution in [-0.2, 0) is 0 Å². The third kappa shape index (κ3) is 3.62. The molecule has 0 spiro atoms. The van der Waals surface area contributed by atoms with E-state index in [1.165, 1.54) is 12.3 Å². The number of rotatable bonds is 5. The highest BCUT2D eigenvalue weighted by molar-refractivity contribution is 5.43. The first-order valence-electron chi connectivity index (χ1n) is 5.58. The summed E-state index contributed by atoms with van der Waals surface area (Å²) in [5, 5.41) is 3.02. The second kappa shape index (κ2) is 5.86. The van der Waals surface area contributed by atoms with Crippen LogP contribution in [-0.4, -0.2) is 18.1 Å². The van der Waals surface area contributed by atoms with Gasteiger partial charge in [-0.25, -0.2) is 9.37 Å². The molecule has 4 nitrogen and oxygen atoms in total. The predicted molar refractivity (Wildman–Crippen MR) is 69.0 cm³/mol. The van der Waals surface area contributed by atoms with Crippen molar-refractivity contribution in [1.82, 2.24) is 4.98 Å². The topological polar surface area (TPSA) is 60.2 Å². The highest BCUT2D eigenvalue weighted by atomic mass is 19.1. The zero-order chi connectivity index (χ0) is 12.8. The molecule has 0 unspecified atom stereocenters. The standard InChI is InChI=1S/C13H14FN3O/c14-10-4-5-13(17-9-10)16-6-7-18-12-3-1-2-11(15)8-12/h1-5,8-9H,6-7,15H2,(H,16,17). The van der Waals surface area contributed by atoms with Crippen molar-refractivity contribution in [1.29, 1.82) is 0 Å². The molecule has 3 N–H and O–H groups in total. The Labute approximate surface area is 105 Å². The van der Waals surface area contributed by atoms with E-state index in [0.29, 0.717) is 24.7 Å². The van der Waals surface area contributed by atoms with E-state index in [-0.39, 0.29) is 5.82 Å². The van der Waals surface area contributed by atoms with Crippen molar-refractivity contribution in [2.45, 2.75) is 0 Å². The van der Waals surface area contributed by atoms with Crippen molar-refractivity contribution >= 4 is 11.5 Å². The first kappa shape index (κ1) is 12.2. The molecule has 0 saturated heterocycles. The lowest BCUT2D eigenvalue weighted by atomic mass is 10.3. The molecule has 94 valence electrons. The summed E-state index contributed by atoms with van der Waals surface area (Å²) in [5.41, 5.74) is 6.29. The maximum atomic E-state index is 12.6. The van der Waals surface area contributed by atoms with Crippen molar-refractivity contribution < 1.29 is 9.13 Å². The summed E-state index contributed by atoms with van der Waals surface area (Å²) in [6.45, 7) is 1.05. The second-order valence-corrected chi connectivity index (χ2v) is 3.71. The van der Waals surface area contributed by atoms with Gasteiger partial charge in [-0.1, -0.05) is 6.07 Å². The number of nitrogen functional groups attached to an aromatic ring is 1. The van der Waals surface area contributed by atoms with Crippen LogP contribution in [0.1, 0.15) is 0 Å². The number of pyridine rings is 1. The van der Waals surface area contributed by atoms with Crippen LogP contribution >= 0.6 is 0 Å². The minimum atomic E-state index is -0.350. The fraction of sp³-hybridized carbons (Fsp3) is 0.154. The summed E-state index contributed by atoms with van der Waals surface area (Å²) in [4.78, 5) is 3.88. The Morgan fingerprint density at radius 3 is 2.89 bits per heavy atom. The fourth-order valence-corrected chi connectivity index (χ4v) is 1.43. The smallest absolute Gasteiger partial charge is 0.141 e. The van der Waals surface area contributed by atoms with Crippen molar-refractivity contribution in [3.63, 3.8) is 0 Å². The van der Waals surface area contributed by atoms with Gasteiger partial charge < -0.3 is 15.8 Å². The fourth-order valence-electron chi connectivity index (χ4n) is 1.43. The quantitative estimate of drug-likeness (QED) is 0.628. The lowest BCUT2D eigenvalue weighted by molar-refractivity contribution is 0.333. The number of hydrogen-bond donors (Lipinski definition) is 2. The van der Waals surface area contributed by atoms with Gasteiger partial charge in [0.15, 0.2) is 0 Å². The molecule has 0 amide bonds. The number of benzene rings is 1. The summed E-state index contributed by atoms with van der Waals surface area (Å²) in [6, 6.07) is 10.2. The van der Waals surface area contributed by atoms with E-state index in [1.54, 1.807) is 18.2 Å². The number of hydrogen-bond acceptors (Lipinski definition) is 4. The van der Waals surface area contributed by atoms with Crippen LogP contribution in [0.3, 0.4) is 0 Å². The van der Waals surface area contributed by atoms with E-state index in [9.17, 15) is 4.39 Å². The zero-order valence-corrected chi connectivity index (χ0v) is 9.77. The molecule has 0 saturated carbocycles. The van der Waals surface area contributed by atoms with Crippen LogP contribution < -0.4 is 15.8 Å². The predicted octanol–water partition coefficient (Wildman–Crippen LogP) is 2.29. The minimum Gasteiger partial charge on any atom is -0.492 e. The van der Waals surface area contributed by atoms with Gasteiger partial charge >= 0.3 is 0 Å². The number of nitrogens with two attached hydrogens (primary N) is 1. The number of halogens is 1. The molecule has 5 heteroatoms. The van der Waals surface area contributed by atoms with Gasteiger partial charge in [0.2, 0.25) is 0 Å². The lowest BCUT2D eigenvalue weighted by Crippen LogP contribution is -2.12. The van der Waals surface area contributed by atoms with Gasteiger partial charge in [0.1, 0.15) is 24.0 Å². The summed E-state index contributed by atoms with van der Waals surface area (Å²) in [6.07, 6.45) is 1.17. The highest BCUT2D eigenvalue weighted by Gasteiger charge is 1.96. The van der Waals surface area contributed by atoms with E-state index in [0.717, 1.165) is 5.75 Å². The maximum absolute atomic E-state index is 12.6. The van der Waals surface area contributed by atoms with Crippen molar-refractivity contribution in [2.75, 3.05) is 24.2 Å². The molecule has 1 heterocycles. The molecule has 1 aromatic carbocycles. The molecule has 0 aliphatic heterocycles. The number of anilines is 2. The SMILES string of the molecule is Nc1cccc(OCCNc2ccc(F)cn2)c1. The first-order valence-corrected chi connectivity index (χ1v) is 5.58. The average Bonchev–Trinajstić information content (AvgIpc) is 2.37. The number of nitrogens with zero attached hydrogens (tertiary/aromatic N) is 1. The van der Waals surface area contributed by atoms with Crippen LogP contribution in [0.5, 0.6) is 5.75 Å². The van der Waals surface area contributed by atoms with Gasteiger partial charge in [-0.2, -0.15) is 0 Å². The van der Waals surface area contributed by atoms with E-state index >= 15 is 0 Å². The average molecular weight is 247 g/mol. The summed E-state index contributed by atoms with van der Waals surface area (Å²) >= 11 is 0. The van der Waals surface area contributed by atoms with Crippen LogP contribution in [0.15, 0.2) is 42.6 Å². The molecular formula is C13H14FN3O. The number of ether oxygens (including phenoxy) is 1. The van der Waals surface area contributed by atoms with Gasteiger partial charge in [-0.15, -0.1) is 0 Å². The molecule has 0 atom stereocenters.